The van der Waals surface area contributed by atoms with Crippen LogP contribution in [0.4, 0.5) is 24.8 Å². The molecule has 4 N–H and O–H groups in total. The monoisotopic (exact) mass is 653 g/mol. The molecule has 3 heterocycles. The largest absolute Gasteiger partial charge is 0.402 e. The summed E-state index contributed by atoms with van der Waals surface area (Å²) in [7, 11) is -4.17. The molecule has 2 aromatic heterocycles. The average molecular weight is 654 g/mol. The predicted molar refractivity (Wildman–Crippen MR) is 165 cm³/mol. The van der Waals surface area contributed by atoms with Crippen LogP contribution in [-0.4, -0.2) is 81.5 Å². The Labute approximate surface area is 262 Å². The molecule has 2 aromatic rings. The van der Waals surface area contributed by atoms with E-state index in [1.165, 1.54) is 4.72 Å². The highest BCUT2D eigenvalue weighted by Gasteiger charge is 2.33. The summed E-state index contributed by atoms with van der Waals surface area (Å²) in [6.07, 6.45) is 2.17. The van der Waals surface area contributed by atoms with Gasteiger partial charge in [-0.15, -0.1) is 0 Å². The van der Waals surface area contributed by atoms with E-state index in [-0.39, 0.29) is 24.7 Å². The second-order valence-electron chi connectivity index (χ2n) is 12.0. The van der Waals surface area contributed by atoms with E-state index in [1.807, 2.05) is 44.3 Å². The van der Waals surface area contributed by atoms with Crippen LogP contribution in [-0.2, 0) is 19.5 Å². The van der Waals surface area contributed by atoms with Crippen LogP contribution in [0.2, 0.25) is 0 Å². The number of sulfonamides is 1. The fraction of sp³-hybridized carbons (Fsp3) is 0.633. The zero-order valence-electron chi connectivity index (χ0n) is 25.6. The maximum Gasteiger partial charge on any atom is 0.402 e. The summed E-state index contributed by atoms with van der Waals surface area (Å²) in [5, 5.41) is 20.1. The number of hydrogen-bond donors (Lipinski definition) is 4. The molecule has 0 amide bonds. The first-order chi connectivity index (χ1) is 21.4. The smallest absolute Gasteiger partial charge is 0.381 e. The Kier molecular flexibility index (Phi) is 12.0. The number of rotatable bonds is 14. The van der Waals surface area contributed by atoms with Crippen molar-refractivity contribution < 1.29 is 31.1 Å². The molecule has 0 aromatic carbocycles. The van der Waals surface area contributed by atoms with Crippen molar-refractivity contribution in [2.24, 2.45) is 5.41 Å². The van der Waals surface area contributed by atoms with Crippen molar-refractivity contribution >= 4 is 21.7 Å². The molecular weight excluding hydrogens is 611 g/mol. The molecule has 1 atom stereocenters. The lowest BCUT2D eigenvalue weighted by atomic mass is 9.82. The van der Waals surface area contributed by atoms with Crippen LogP contribution in [0.3, 0.4) is 0 Å². The van der Waals surface area contributed by atoms with Crippen molar-refractivity contribution in [1.82, 2.24) is 20.0 Å². The van der Waals surface area contributed by atoms with Gasteiger partial charge in [0, 0.05) is 49.6 Å². The summed E-state index contributed by atoms with van der Waals surface area (Å²) >= 11 is 0. The summed E-state index contributed by atoms with van der Waals surface area (Å²) in [6, 6.07) is 10.6. The lowest BCUT2D eigenvalue weighted by Gasteiger charge is -2.32. The van der Waals surface area contributed by atoms with E-state index < -0.39 is 34.1 Å². The molecule has 1 aliphatic heterocycles. The SMILES string of the molecule is Cc1cnc(N[C@H]2CC[C@H](N[C@H](C)COCS(=O)(=O)NCC(F)(F)F)CC2)cc1-c1cccc(NCC2(C#N)CCOCC2)n1. The summed E-state index contributed by atoms with van der Waals surface area (Å²) in [5.41, 5.74) is 2.32. The molecule has 2 fully saturated rings. The van der Waals surface area contributed by atoms with Gasteiger partial charge in [0.05, 0.1) is 23.8 Å². The van der Waals surface area contributed by atoms with E-state index >= 15 is 0 Å². The second kappa shape index (κ2) is 15.5. The molecule has 0 unspecified atom stereocenters. The number of hydrogen-bond acceptors (Lipinski definition) is 10. The van der Waals surface area contributed by atoms with E-state index in [1.54, 1.807) is 0 Å². The van der Waals surface area contributed by atoms with E-state index in [9.17, 15) is 26.9 Å². The van der Waals surface area contributed by atoms with Crippen LogP contribution >= 0.6 is 0 Å². The van der Waals surface area contributed by atoms with Crippen molar-refractivity contribution in [3.63, 3.8) is 0 Å². The molecule has 0 radical (unpaired) electrons. The lowest BCUT2D eigenvalue weighted by Crippen LogP contribution is -2.43. The van der Waals surface area contributed by atoms with Crippen molar-refractivity contribution in [3.8, 4) is 17.3 Å². The highest BCUT2D eigenvalue weighted by molar-refractivity contribution is 7.89. The van der Waals surface area contributed by atoms with E-state index in [4.69, 9.17) is 14.5 Å². The molecule has 11 nitrogen and oxygen atoms in total. The molecule has 15 heteroatoms. The molecule has 45 heavy (non-hydrogen) atoms. The fourth-order valence-corrected chi connectivity index (χ4v) is 6.33. The van der Waals surface area contributed by atoms with Gasteiger partial charge in [-0.2, -0.15) is 18.4 Å². The molecule has 0 bridgehead atoms. The first-order valence-corrected chi connectivity index (χ1v) is 16.8. The van der Waals surface area contributed by atoms with Gasteiger partial charge in [0.1, 0.15) is 18.2 Å². The summed E-state index contributed by atoms with van der Waals surface area (Å²) in [6.45, 7) is 3.98. The molecule has 0 spiro atoms. The van der Waals surface area contributed by atoms with Gasteiger partial charge in [-0.05, 0) is 76.1 Å². The van der Waals surface area contributed by atoms with Crippen molar-refractivity contribution in [2.75, 3.05) is 49.5 Å². The van der Waals surface area contributed by atoms with Crippen molar-refractivity contribution in [1.29, 1.82) is 5.26 Å². The number of alkyl halides is 3. The van der Waals surface area contributed by atoms with Gasteiger partial charge in [0.2, 0.25) is 10.0 Å². The molecule has 1 saturated heterocycles. The van der Waals surface area contributed by atoms with E-state index in [0.29, 0.717) is 38.4 Å². The molecule has 1 aliphatic carbocycles. The van der Waals surface area contributed by atoms with Gasteiger partial charge in [-0.3, -0.25) is 0 Å². The summed E-state index contributed by atoms with van der Waals surface area (Å²) in [4.78, 5) is 9.42. The number of nitriles is 1. The quantitative estimate of drug-likeness (QED) is 0.232. The van der Waals surface area contributed by atoms with Crippen LogP contribution in [0.5, 0.6) is 0 Å². The first-order valence-electron chi connectivity index (χ1n) is 15.2. The minimum absolute atomic E-state index is 0.0556. The topological polar surface area (TPSA) is 150 Å². The van der Waals surface area contributed by atoms with Gasteiger partial charge in [0.25, 0.3) is 0 Å². The number of halogens is 3. The highest BCUT2D eigenvalue weighted by atomic mass is 32.2. The van der Waals surface area contributed by atoms with Gasteiger partial charge in [0.15, 0.2) is 5.94 Å². The van der Waals surface area contributed by atoms with Crippen molar-refractivity contribution in [3.05, 3.63) is 36.0 Å². The molecule has 2 aliphatic rings. The minimum Gasteiger partial charge on any atom is -0.381 e. The number of nitrogens with zero attached hydrogens (tertiary/aromatic N) is 3. The van der Waals surface area contributed by atoms with Crippen LogP contribution in [0, 0.1) is 23.7 Å². The third-order valence-corrected chi connectivity index (χ3v) is 9.18. The predicted octanol–water partition coefficient (Wildman–Crippen LogP) is 4.34. The Bertz CT molecular complexity index is 1410. The number of aromatic nitrogens is 2. The third-order valence-electron chi connectivity index (χ3n) is 8.12. The van der Waals surface area contributed by atoms with E-state index in [0.717, 1.165) is 48.3 Å². The highest BCUT2D eigenvalue weighted by Crippen LogP contribution is 2.31. The zero-order chi connectivity index (χ0) is 32.5. The standard InChI is InChI=1S/C30H42F3N7O4S/c1-21-15-35-28(14-25(21)26-4-3-5-27(40-26)36-18-29(17-34)10-12-43-13-11-29)39-24-8-6-23(7-9-24)38-22(2)16-44-20-45(41,42)37-19-30(31,32)33/h3-5,14-15,22-24,37-38H,6-13,16,18-20H2,1-2H3,(H,35,39)(H,36,40)/t22-,23-,24-/m1/s1. The van der Waals surface area contributed by atoms with Crippen LogP contribution in [0.25, 0.3) is 11.3 Å². The maximum atomic E-state index is 12.3. The van der Waals surface area contributed by atoms with Gasteiger partial charge < -0.3 is 25.4 Å². The number of aryl methyl sites for hydroxylation is 1. The number of anilines is 2. The minimum atomic E-state index is -4.62. The Morgan fingerprint density at radius 1 is 1.16 bits per heavy atom. The van der Waals surface area contributed by atoms with Crippen LogP contribution < -0.4 is 20.7 Å². The van der Waals surface area contributed by atoms with Gasteiger partial charge in [-0.25, -0.2) is 23.1 Å². The molecule has 4 rings (SSSR count). The number of pyridine rings is 2. The lowest BCUT2D eigenvalue weighted by molar-refractivity contribution is -0.121. The van der Waals surface area contributed by atoms with Gasteiger partial charge >= 0.3 is 6.18 Å². The Balaban J connectivity index is 1.24. The first kappa shape index (κ1) is 34.8. The average Bonchev–Trinajstić information content (AvgIpc) is 3.01. The molecule has 248 valence electrons. The Hall–Kier alpha value is -3.03. The Morgan fingerprint density at radius 3 is 2.56 bits per heavy atom. The van der Waals surface area contributed by atoms with Gasteiger partial charge in [-0.1, -0.05) is 6.07 Å². The van der Waals surface area contributed by atoms with Crippen LogP contribution in [0.15, 0.2) is 30.5 Å². The summed E-state index contributed by atoms with van der Waals surface area (Å²) < 4.78 is 72.2. The van der Waals surface area contributed by atoms with Crippen molar-refractivity contribution in [2.45, 2.75) is 76.7 Å². The molecular formula is C30H42F3N7O4S. The van der Waals surface area contributed by atoms with Crippen LogP contribution in [0.1, 0.15) is 51.0 Å². The maximum absolute atomic E-state index is 12.3. The van der Waals surface area contributed by atoms with E-state index in [2.05, 4.69) is 27.0 Å². The Morgan fingerprint density at radius 2 is 1.87 bits per heavy atom. The third kappa shape index (κ3) is 11.1. The summed E-state index contributed by atoms with van der Waals surface area (Å²) in [5.74, 6) is 0.648. The normalized spacial score (nSPS) is 21.1. The second-order valence-corrected chi connectivity index (χ2v) is 13.7. The number of ether oxygens (including phenoxy) is 2. The number of nitrogens with one attached hydrogen (secondary N) is 4. The molecule has 1 saturated carbocycles. The fourth-order valence-electron chi connectivity index (χ4n) is 5.54. The zero-order valence-corrected chi connectivity index (χ0v) is 26.4.